The summed E-state index contributed by atoms with van der Waals surface area (Å²) in [4.78, 5) is 13.5. The van der Waals surface area contributed by atoms with Gasteiger partial charge in [0.25, 0.3) is 0 Å². The first-order valence-corrected chi connectivity index (χ1v) is 9.47. The third kappa shape index (κ3) is 4.43. The van der Waals surface area contributed by atoms with Gasteiger partial charge in [-0.2, -0.15) is 13.2 Å². The fourth-order valence-electron chi connectivity index (χ4n) is 3.80. The summed E-state index contributed by atoms with van der Waals surface area (Å²) in [6.45, 7) is 2.31. The number of benzene rings is 2. The Labute approximate surface area is 166 Å². The van der Waals surface area contributed by atoms with Crippen LogP contribution in [0.15, 0.2) is 48.5 Å². The molecule has 2 aromatic carbocycles. The van der Waals surface area contributed by atoms with Crippen molar-refractivity contribution in [3.63, 3.8) is 0 Å². The lowest BCUT2D eigenvalue weighted by Crippen LogP contribution is -2.40. The molecule has 1 saturated heterocycles. The van der Waals surface area contributed by atoms with Gasteiger partial charge in [-0.1, -0.05) is 30.7 Å². The van der Waals surface area contributed by atoms with Crippen LogP contribution < -0.4 is 4.90 Å². The molecule has 2 aromatic rings. The summed E-state index contributed by atoms with van der Waals surface area (Å²) in [5.74, 6) is -1.41. The molecule has 7 heteroatoms. The number of carboxylic acid groups (broad SMARTS) is 1. The largest absolute Gasteiger partial charge is 0.481 e. The molecular formula is C21H21ClF3NO2. The van der Waals surface area contributed by atoms with Crippen LogP contribution in [0.4, 0.5) is 18.9 Å². The van der Waals surface area contributed by atoms with Gasteiger partial charge >= 0.3 is 12.1 Å². The number of carbonyl (C=O) groups is 1. The van der Waals surface area contributed by atoms with Crippen LogP contribution in [0.1, 0.15) is 36.9 Å². The molecule has 0 aliphatic carbocycles. The maximum absolute atomic E-state index is 12.9. The van der Waals surface area contributed by atoms with Gasteiger partial charge in [0.2, 0.25) is 0 Å². The summed E-state index contributed by atoms with van der Waals surface area (Å²) >= 11 is 5.97. The highest BCUT2D eigenvalue weighted by atomic mass is 35.5. The summed E-state index contributed by atoms with van der Waals surface area (Å²) in [6.07, 6.45) is -3.13. The van der Waals surface area contributed by atoms with Crippen LogP contribution in [-0.4, -0.2) is 17.6 Å². The predicted octanol–water partition coefficient (Wildman–Crippen LogP) is 6.04. The molecule has 0 amide bonds. The number of aliphatic carboxylic acids is 1. The molecule has 0 spiro atoms. The molecule has 3 atom stereocenters. The molecule has 1 aliphatic rings. The summed E-state index contributed by atoms with van der Waals surface area (Å²) in [6, 6.07) is 12.2. The third-order valence-electron chi connectivity index (χ3n) is 5.52. The van der Waals surface area contributed by atoms with Crippen molar-refractivity contribution in [1.82, 2.24) is 0 Å². The number of alkyl halides is 3. The zero-order chi connectivity index (χ0) is 20.5. The zero-order valence-electron chi connectivity index (χ0n) is 15.3. The summed E-state index contributed by atoms with van der Waals surface area (Å²) in [5.41, 5.74) is 0.960. The molecule has 1 N–H and O–H groups in total. The second-order valence-corrected chi connectivity index (χ2v) is 7.65. The predicted molar refractivity (Wildman–Crippen MR) is 103 cm³/mol. The van der Waals surface area contributed by atoms with Crippen LogP contribution in [0, 0.1) is 11.8 Å². The van der Waals surface area contributed by atoms with Crippen molar-refractivity contribution in [1.29, 1.82) is 0 Å². The molecule has 150 valence electrons. The monoisotopic (exact) mass is 411 g/mol. The van der Waals surface area contributed by atoms with Crippen molar-refractivity contribution >= 4 is 23.3 Å². The number of hydrogen-bond donors (Lipinski definition) is 1. The number of rotatable bonds is 4. The van der Waals surface area contributed by atoms with Gasteiger partial charge in [0.1, 0.15) is 0 Å². The lowest BCUT2D eigenvalue weighted by molar-refractivity contribution is -0.143. The first kappa shape index (κ1) is 20.5. The normalized spacial score (nSPS) is 21.4. The SMILES string of the molecule is CC(C(=O)O)C1CCN(c2ccc(Cl)cc2)C(c2ccc(C(F)(F)F)cc2)C1. The molecule has 0 bridgehead atoms. The Morgan fingerprint density at radius 3 is 2.29 bits per heavy atom. The minimum atomic E-state index is -4.39. The molecule has 1 heterocycles. The van der Waals surface area contributed by atoms with Crippen LogP contribution in [0.2, 0.25) is 5.02 Å². The van der Waals surface area contributed by atoms with Crippen molar-refractivity contribution in [3.05, 3.63) is 64.7 Å². The van der Waals surface area contributed by atoms with E-state index < -0.39 is 23.6 Å². The molecule has 0 saturated carbocycles. The Morgan fingerprint density at radius 1 is 1.14 bits per heavy atom. The molecule has 0 aromatic heterocycles. The van der Waals surface area contributed by atoms with E-state index in [1.54, 1.807) is 19.1 Å². The Kier molecular flexibility index (Phi) is 5.89. The van der Waals surface area contributed by atoms with Gasteiger partial charge in [0.05, 0.1) is 17.5 Å². The van der Waals surface area contributed by atoms with E-state index in [2.05, 4.69) is 4.90 Å². The molecule has 3 nitrogen and oxygen atoms in total. The fraction of sp³-hybridized carbons (Fsp3) is 0.381. The summed E-state index contributed by atoms with van der Waals surface area (Å²) < 4.78 is 38.7. The van der Waals surface area contributed by atoms with E-state index in [9.17, 15) is 23.1 Å². The van der Waals surface area contributed by atoms with Gasteiger partial charge in [-0.3, -0.25) is 4.79 Å². The van der Waals surface area contributed by atoms with Crippen molar-refractivity contribution < 1.29 is 23.1 Å². The van der Waals surface area contributed by atoms with Crippen molar-refractivity contribution in [2.75, 3.05) is 11.4 Å². The molecule has 0 radical (unpaired) electrons. The topological polar surface area (TPSA) is 40.5 Å². The van der Waals surface area contributed by atoms with Crippen LogP contribution in [0.25, 0.3) is 0 Å². The van der Waals surface area contributed by atoms with Gasteiger partial charge in [-0.05, 0) is 60.7 Å². The molecule has 3 unspecified atom stereocenters. The average Bonchev–Trinajstić information content (AvgIpc) is 2.67. The number of piperidine rings is 1. The van der Waals surface area contributed by atoms with Gasteiger partial charge in [0, 0.05) is 17.3 Å². The van der Waals surface area contributed by atoms with Crippen LogP contribution in [0.5, 0.6) is 0 Å². The molecule has 28 heavy (non-hydrogen) atoms. The highest BCUT2D eigenvalue weighted by Crippen LogP contribution is 2.41. The van der Waals surface area contributed by atoms with Gasteiger partial charge in [-0.25, -0.2) is 0 Å². The standard InChI is InChI=1S/C21H21ClF3NO2/c1-13(20(27)28)15-10-11-26(18-8-6-17(22)7-9-18)19(12-15)14-2-4-16(5-3-14)21(23,24)25/h2-9,13,15,19H,10-12H2,1H3,(H,27,28). The maximum atomic E-state index is 12.9. The minimum absolute atomic E-state index is 0.0478. The molecular weight excluding hydrogens is 391 g/mol. The van der Waals surface area contributed by atoms with E-state index in [-0.39, 0.29) is 12.0 Å². The Hall–Kier alpha value is -2.21. The van der Waals surface area contributed by atoms with Crippen molar-refractivity contribution in [2.24, 2.45) is 11.8 Å². The highest BCUT2D eigenvalue weighted by Gasteiger charge is 2.35. The molecule has 1 aliphatic heterocycles. The number of hydrogen-bond acceptors (Lipinski definition) is 2. The van der Waals surface area contributed by atoms with Gasteiger partial charge in [0.15, 0.2) is 0 Å². The van der Waals surface area contributed by atoms with E-state index in [0.29, 0.717) is 24.4 Å². The second-order valence-electron chi connectivity index (χ2n) is 7.22. The summed E-state index contributed by atoms with van der Waals surface area (Å²) in [7, 11) is 0. The fourth-order valence-corrected chi connectivity index (χ4v) is 3.93. The van der Waals surface area contributed by atoms with Crippen molar-refractivity contribution in [3.8, 4) is 0 Å². The lowest BCUT2D eigenvalue weighted by atomic mass is 9.79. The first-order chi connectivity index (χ1) is 13.2. The summed E-state index contributed by atoms with van der Waals surface area (Å²) in [5, 5.41) is 9.98. The van der Waals surface area contributed by atoms with Crippen LogP contribution >= 0.6 is 11.6 Å². The molecule has 3 rings (SSSR count). The number of carboxylic acids is 1. The van der Waals surface area contributed by atoms with E-state index in [4.69, 9.17) is 11.6 Å². The second kappa shape index (κ2) is 8.03. The van der Waals surface area contributed by atoms with Crippen molar-refractivity contribution in [2.45, 2.75) is 32.0 Å². The molecule has 1 fully saturated rings. The van der Waals surface area contributed by atoms with E-state index in [1.807, 2.05) is 12.1 Å². The maximum Gasteiger partial charge on any atom is 0.416 e. The van der Waals surface area contributed by atoms with Crippen LogP contribution in [-0.2, 0) is 11.0 Å². The van der Waals surface area contributed by atoms with Gasteiger partial charge in [-0.15, -0.1) is 0 Å². The van der Waals surface area contributed by atoms with E-state index in [0.717, 1.165) is 23.4 Å². The lowest BCUT2D eigenvalue weighted by Gasteiger charge is -2.42. The smallest absolute Gasteiger partial charge is 0.416 e. The Bertz CT molecular complexity index is 821. The minimum Gasteiger partial charge on any atom is -0.481 e. The van der Waals surface area contributed by atoms with Crippen LogP contribution in [0.3, 0.4) is 0 Å². The number of anilines is 1. The Balaban J connectivity index is 1.93. The van der Waals surface area contributed by atoms with Gasteiger partial charge < -0.3 is 10.0 Å². The third-order valence-corrected chi connectivity index (χ3v) is 5.77. The van der Waals surface area contributed by atoms with E-state index in [1.165, 1.54) is 12.1 Å². The number of halogens is 4. The highest BCUT2D eigenvalue weighted by molar-refractivity contribution is 6.30. The first-order valence-electron chi connectivity index (χ1n) is 9.09. The Morgan fingerprint density at radius 2 is 1.75 bits per heavy atom. The quantitative estimate of drug-likeness (QED) is 0.667. The average molecular weight is 412 g/mol. The van der Waals surface area contributed by atoms with E-state index >= 15 is 0 Å². The number of nitrogens with zero attached hydrogens (tertiary/aromatic N) is 1. The zero-order valence-corrected chi connectivity index (χ0v) is 16.0.